The Bertz CT molecular complexity index is 547. The van der Waals surface area contributed by atoms with E-state index in [9.17, 15) is 14.9 Å². The number of anilines is 1. The number of hydrazine groups is 1. The van der Waals surface area contributed by atoms with Crippen LogP contribution in [0.3, 0.4) is 0 Å². The molecule has 114 valence electrons. The quantitative estimate of drug-likeness (QED) is 0.503. The molecule has 0 saturated carbocycles. The molecule has 1 aliphatic heterocycles. The van der Waals surface area contributed by atoms with Gasteiger partial charge in [-0.1, -0.05) is 13.3 Å². The standard InChI is InChI=1S/C14H20N4O3/c1-2-10-4-3-7-17(9-10)14(19)12-8-11(18(20)21)5-6-13(12)16-15/h5-6,8,10,16H,2-4,7,9,15H2,1H3. The van der Waals surface area contributed by atoms with Crippen LogP contribution in [0, 0.1) is 16.0 Å². The molecule has 2 rings (SSSR count). The van der Waals surface area contributed by atoms with Crippen molar-refractivity contribution in [1.29, 1.82) is 0 Å². The van der Waals surface area contributed by atoms with E-state index in [1.807, 2.05) is 0 Å². The maximum Gasteiger partial charge on any atom is 0.270 e. The van der Waals surface area contributed by atoms with Gasteiger partial charge in [-0.25, -0.2) is 0 Å². The van der Waals surface area contributed by atoms with E-state index in [1.165, 1.54) is 18.2 Å². The van der Waals surface area contributed by atoms with E-state index < -0.39 is 4.92 Å². The molecule has 21 heavy (non-hydrogen) atoms. The van der Waals surface area contributed by atoms with Gasteiger partial charge in [-0.15, -0.1) is 0 Å². The summed E-state index contributed by atoms with van der Waals surface area (Å²) in [5, 5.41) is 10.9. The second-order valence-electron chi connectivity index (χ2n) is 5.30. The average molecular weight is 292 g/mol. The molecule has 1 fully saturated rings. The van der Waals surface area contributed by atoms with Crippen molar-refractivity contribution in [3.05, 3.63) is 33.9 Å². The van der Waals surface area contributed by atoms with Crippen LogP contribution in [0.4, 0.5) is 11.4 Å². The molecule has 0 aliphatic carbocycles. The maximum absolute atomic E-state index is 12.6. The third kappa shape index (κ3) is 3.30. The molecule has 3 N–H and O–H groups in total. The summed E-state index contributed by atoms with van der Waals surface area (Å²) >= 11 is 0. The van der Waals surface area contributed by atoms with Crippen LogP contribution in [-0.2, 0) is 0 Å². The van der Waals surface area contributed by atoms with Gasteiger partial charge in [-0.05, 0) is 24.8 Å². The lowest BCUT2D eigenvalue weighted by Crippen LogP contribution is -2.40. The highest BCUT2D eigenvalue weighted by atomic mass is 16.6. The summed E-state index contributed by atoms with van der Waals surface area (Å²) in [6.45, 7) is 3.49. The minimum atomic E-state index is -0.512. The smallest absolute Gasteiger partial charge is 0.270 e. The second-order valence-corrected chi connectivity index (χ2v) is 5.30. The van der Waals surface area contributed by atoms with E-state index in [0.29, 0.717) is 24.7 Å². The van der Waals surface area contributed by atoms with Gasteiger partial charge in [0.2, 0.25) is 0 Å². The van der Waals surface area contributed by atoms with Crippen molar-refractivity contribution in [3.63, 3.8) is 0 Å². The van der Waals surface area contributed by atoms with E-state index in [0.717, 1.165) is 19.3 Å². The van der Waals surface area contributed by atoms with Gasteiger partial charge in [-0.3, -0.25) is 20.8 Å². The van der Waals surface area contributed by atoms with Crippen molar-refractivity contribution in [2.24, 2.45) is 11.8 Å². The highest BCUT2D eigenvalue weighted by Crippen LogP contribution is 2.26. The van der Waals surface area contributed by atoms with Crippen molar-refractivity contribution >= 4 is 17.3 Å². The van der Waals surface area contributed by atoms with Gasteiger partial charge in [0.15, 0.2) is 0 Å². The molecule has 0 spiro atoms. The fourth-order valence-corrected chi connectivity index (χ4v) is 2.70. The molecule has 1 saturated heterocycles. The number of nitrogens with zero attached hydrogens (tertiary/aromatic N) is 2. The Kier molecular flexibility index (Phi) is 4.74. The lowest BCUT2D eigenvalue weighted by Gasteiger charge is -2.32. The summed E-state index contributed by atoms with van der Waals surface area (Å²) in [6, 6.07) is 4.08. The lowest BCUT2D eigenvalue weighted by atomic mass is 9.95. The first-order valence-electron chi connectivity index (χ1n) is 7.11. The number of non-ortho nitro benzene ring substituents is 1. The zero-order valence-corrected chi connectivity index (χ0v) is 12.0. The van der Waals surface area contributed by atoms with Crippen LogP contribution in [0.25, 0.3) is 0 Å². The van der Waals surface area contributed by atoms with Crippen LogP contribution in [0.15, 0.2) is 18.2 Å². The van der Waals surface area contributed by atoms with Gasteiger partial charge in [0, 0.05) is 25.2 Å². The molecule has 1 atom stereocenters. The summed E-state index contributed by atoms with van der Waals surface area (Å²) in [6.07, 6.45) is 3.11. The zero-order chi connectivity index (χ0) is 15.4. The topological polar surface area (TPSA) is 102 Å². The molecule has 1 aliphatic rings. The Morgan fingerprint density at radius 1 is 1.57 bits per heavy atom. The van der Waals surface area contributed by atoms with Gasteiger partial charge in [0.1, 0.15) is 0 Å². The number of hydrogen-bond acceptors (Lipinski definition) is 5. The first kappa shape index (κ1) is 15.2. The third-order valence-electron chi connectivity index (χ3n) is 3.98. The largest absolute Gasteiger partial charge is 0.338 e. The molecular weight excluding hydrogens is 272 g/mol. The van der Waals surface area contributed by atoms with E-state index in [1.54, 1.807) is 4.90 Å². The van der Waals surface area contributed by atoms with Crippen LogP contribution in [0.2, 0.25) is 0 Å². The summed E-state index contributed by atoms with van der Waals surface area (Å²) < 4.78 is 0. The number of nitrogen functional groups attached to an aromatic ring is 1. The molecule has 1 amide bonds. The Morgan fingerprint density at radius 2 is 2.33 bits per heavy atom. The number of piperidine rings is 1. The number of nitro groups is 1. The maximum atomic E-state index is 12.6. The first-order chi connectivity index (χ1) is 10.1. The Hall–Kier alpha value is -2.15. The summed E-state index contributed by atoms with van der Waals surface area (Å²) in [5.74, 6) is 5.70. The van der Waals surface area contributed by atoms with E-state index in [-0.39, 0.29) is 17.2 Å². The van der Waals surface area contributed by atoms with Crippen LogP contribution < -0.4 is 11.3 Å². The SMILES string of the molecule is CCC1CCCN(C(=O)c2cc([N+](=O)[O-])ccc2NN)C1. The number of likely N-dealkylation sites (tertiary alicyclic amines) is 1. The number of carbonyl (C=O) groups is 1. The number of nitro benzene ring substituents is 1. The second kappa shape index (κ2) is 6.53. The molecule has 0 aromatic heterocycles. The van der Waals surface area contributed by atoms with E-state index >= 15 is 0 Å². The summed E-state index contributed by atoms with van der Waals surface area (Å²) in [7, 11) is 0. The normalized spacial score (nSPS) is 18.4. The van der Waals surface area contributed by atoms with Gasteiger partial charge in [0.25, 0.3) is 11.6 Å². The highest BCUT2D eigenvalue weighted by molar-refractivity contribution is 6.00. The average Bonchev–Trinajstić information content (AvgIpc) is 2.53. The third-order valence-corrected chi connectivity index (χ3v) is 3.98. The number of amides is 1. The van der Waals surface area contributed by atoms with Gasteiger partial charge in [0.05, 0.1) is 16.2 Å². The molecule has 7 nitrogen and oxygen atoms in total. The minimum Gasteiger partial charge on any atom is -0.338 e. The minimum absolute atomic E-state index is 0.110. The Labute approximate surface area is 123 Å². The monoisotopic (exact) mass is 292 g/mol. The van der Waals surface area contributed by atoms with E-state index in [4.69, 9.17) is 5.84 Å². The molecule has 0 bridgehead atoms. The number of nitrogens with one attached hydrogen (secondary N) is 1. The van der Waals surface area contributed by atoms with Gasteiger partial charge >= 0.3 is 0 Å². The van der Waals surface area contributed by atoms with Crippen LogP contribution >= 0.6 is 0 Å². The van der Waals surface area contributed by atoms with Crippen molar-refractivity contribution in [3.8, 4) is 0 Å². The molecule has 7 heteroatoms. The molecule has 0 radical (unpaired) electrons. The van der Waals surface area contributed by atoms with E-state index in [2.05, 4.69) is 12.3 Å². The number of benzene rings is 1. The number of carbonyl (C=O) groups excluding carboxylic acids is 1. The van der Waals surface area contributed by atoms with Crippen LogP contribution in [0.1, 0.15) is 36.5 Å². The Balaban J connectivity index is 2.28. The number of nitrogens with two attached hydrogens (primary N) is 1. The van der Waals surface area contributed by atoms with Crippen molar-refractivity contribution in [1.82, 2.24) is 4.90 Å². The molecule has 1 heterocycles. The number of hydrogen-bond donors (Lipinski definition) is 2. The lowest BCUT2D eigenvalue weighted by molar-refractivity contribution is -0.384. The molecular formula is C14H20N4O3. The van der Waals surface area contributed by atoms with Gasteiger partial charge in [-0.2, -0.15) is 0 Å². The first-order valence-corrected chi connectivity index (χ1v) is 7.11. The van der Waals surface area contributed by atoms with Crippen molar-refractivity contribution in [2.45, 2.75) is 26.2 Å². The van der Waals surface area contributed by atoms with Gasteiger partial charge < -0.3 is 10.3 Å². The van der Waals surface area contributed by atoms with Crippen molar-refractivity contribution < 1.29 is 9.72 Å². The van der Waals surface area contributed by atoms with Crippen molar-refractivity contribution in [2.75, 3.05) is 18.5 Å². The molecule has 1 aromatic rings. The Morgan fingerprint density at radius 3 is 2.95 bits per heavy atom. The predicted molar refractivity (Wildman–Crippen MR) is 79.8 cm³/mol. The zero-order valence-electron chi connectivity index (χ0n) is 12.0. The fourth-order valence-electron chi connectivity index (χ4n) is 2.70. The fraction of sp³-hybridized carbons (Fsp3) is 0.500. The van der Waals surface area contributed by atoms with Crippen LogP contribution in [0.5, 0.6) is 0 Å². The molecule has 1 unspecified atom stereocenters. The highest BCUT2D eigenvalue weighted by Gasteiger charge is 2.26. The summed E-state index contributed by atoms with van der Waals surface area (Å²) in [4.78, 5) is 24.8. The number of rotatable bonds is 4. The summed E-state index contributed by atoms with van der Waals surface area (Å²) in [5.41, 5.74) is 2.99. The van der Waals surface area contributed by atoms with Crippen LogP contribution in [-0.4, -0.2) is 28.8 Å². The predicted octanol–water partition coefficient (Wildman–Crippen LogP) is 2.14. The molecule has 1 aromatic carbocycles.